The Morgan fingerprint density at radius 1 is 1.07 bits per heavy atom. The zero-order valence-corrected chi connectivity index (χ0v) is 18.1. The van der Waals surface area contributed by atoms with Crippen molar-refractivity contribution >= 4 is 15.9 Å². The van der Waals surface area contributed by atoms with Gasteiger partial charge >= 0.3 is 0 Å². The molecule has 6 heteroatoms. The monoisotopic (exact) mass is 406 g/mol. The molecule has 2 saturated heterocycles. The molecule has 5 nitrogen and oxygen atoms in total. The van der Waals surface area contributed by atoms with E-state index in [0.717, 1.165) is 45.2 Å². The number of nitrogens with zero attached hydrogens (tertiary/aromatic N) is 2. The first kappa shape index (κ1) is 21.3. The molecule has 2 aliphatic rings. The van der Waals surface area contributed by atoms with Crippen LogP contribution in [0.1, 0.15) is 75.6 Å². The lowest BCUT2D eigenvalue weighted by molar-refractivity contribution is 0.0759. The number of sulfonamides is 1. The molecule has 1 aromatic rings. The first-order valence-electron chi connectivity index (χ1n) is 10.8. The normalized spacial score (nSPS) is 24.7. The van der Waals surface area contributed by atoms with Gasteiger partial charge in [-0.1, -0.05) is 32.3 Å². The second-order valence-corrected chi connectivity index (χ2v) is 10.3. The Labute approximate surface area is 170 Å². The summed E-state index contributed by atoms with van der Waals surface area (Å²) in [6, 6.07) is 6.65. The summed E-state index contributed by atoms with van der Waals surface area (Å²) in [5.41, 5.74) is 0.486. The van der Waals surface area contributed by atoms with E-state index >= 15 is 0 Å². The van der Waals surface area contributed by atoms with Crippen molar-refractivity contribution in [1.29, 1.82) is 0 Å². The van der Waals surface area contributed by atoms with Crippen molar-refractivity contribution < 1.29 is 13.2 Å². The highest BCUT2D eigenvalue weighted by Gasteiger charge is 2.31. The first-order chi connectivity index (χ1) is 13.4. The van der Waals surface area contributed by atoms with Gasteiger partial charge in [0, 0.05) is 31.2 Å². The van der Waals surface area contributed by atoms with Gasteiger partial charge in [0.2, 0.25) is 10.0 Å². The molecule has 3 rings (SSSR count). The summed E-state index contributed by atoms with van der Waals surface area (Å²) < 4.78 is 27.8. The lowest BCUT2D eigenvalue weighted by Crippen LogP contribution is -2.42. The Bertz CT molecular complexity index is 778. The van der Waals surface area contributed by atoms with Crippen molar-refractivity contribution in [2.45, 2.75) is 76.2 Å². The Balaban J connectivity index is 1.76. The van der Waals surface area contributed by atoms with Gasteiger partial charge in [0.25, 0.3) is 5.91 Å². The van der Waals surface area contributed by atoms with Gasteiger partial charge in [-0.2, -0.15) is 4.31 Å². The molecule has 0 N–H and O–H groups in total. The SMILES string of the molecule is CCCC1CCCN(C(=O)c2cccc(S(=O)(=O)N3CCCCC3C)c2)CC1. The molecule has 0 aromatic heterocycles. The molecule has 0 bridgehead atoms. The Kier molecular flexibility index (Phi) is 7.15. The summed E-state index contributed by atoms with van der Waals surface area (Å²) in [5, 5.41) is 0. The topological polar surface area (TPSA) is 57.7 Å². The highest BCUT2D eigenvalue weighted by atomic mass is 32.2. The summed E-state index contributed by atoms with van der Waals surface area (Å²) >= 11 is 0. The van der Waals surface area contributed by atoms with Crippen molar-refractivity contribution in [1.82, 2.24) is 9.21 Å². The molecule has 1 aromatic carbocycles. The van der Waals surface area contributed by atoms with E-state index in [0.29, 0.717) is 18.0 Å². The number of carbonyl (C=O) groups is 1. The molecule has 28 heavy (non-hydrogen) atoms. The zero-order chi connectivity index (χ0) is 20.1. The van der Waals surface area contributed by atoms with Crippen LogP contribution in [0.5, 0.6) is 0 Å². The fourth-order valence-corrected chi connectivity index (χ4v) is 6.35. The molecule has 0 spiro atoms. The summed E-state index contributed by atoms with van der Waals surface area (Å²) in [7, 11) is -3.56. The van der Waals surface area contributed by atoms with Crippen molar-refractivity contribution in [3.8, 4) is 0 Å². The highest BCUT2D eigenvalue weighted by molar-refractivity contribution is 7.89. The standard InChI is InChI=1S/C22H34N2O3S/c1-3-8-19-10-7-14-23(16-13-19)22(25)20-11-6-12-21(17-20)28(26,27)24-15-5-4-9-18(24)2/h6,11-12,17-19H,3-5,7-10,13-16H2,1-2H3. The fraction of sp³-hybridized carbons (Fsp3) is 0.682. The van der Waals surface area contributed by atoms with E-state index in [9.17, 15) is 13.2 Å². The van der Waals surface area contributed by atoms with Gasteiger partial charge in [0.15, 0.2) is 0 Å². The lowest BCUT2D eigenvalue weighted by atomic mass is 9.96. The van der Waals surface area contributed by atoms with Crippen molar-refractivity contribution in [3.63, 3.8) is 0 Å². The van der Waals surface area contributed by atoms with E-state index in [1.54, 1.807) is 28.6 Å². The van der Waals surface area contributed by atoms with E-state index in [-0.39, 0.29) is 16.8 Å². The largest absolute Gasteiger partial charge is 0.339 e. The Morgan fingerprint density at radius 3 is 2.64 bits per heavy atom. The van der Waals surface area contributed by atoms with Crippen LogP contribution in [0.2, 0.25) is 0 Å². The molecule has 1 amide bonds. The second-order valence-electron chi connectivity index (χ2n) is 8.37. The molecular formula is C22H34N2O3S. The number of hydrogen-bond donors (Lipinski definition) is 0. The van der Waals surface area contributed by atoms with Gasteiger partial charge in [0.05, 0.1) is 4.90 Å². The number of piperidine rings is 1. The third-order valence-corrected chi connectivity index (χ3v) is 8.27. The van der Waals surface area contributed by atoms with E-state index in [2.05, 4.69) is 6.92 Å². The maximum Gasteiger partial charge on any atom is 0.253 e. The lowest BCUT2D eigenvalue weighted by Gasteiger charge is -2.32. The van der Waals surface area contributed by atoms with Crippen LogP contribution >= 0.6 is 0 Å². The third kappa shape index (κ3) is 4.77. The van der Waals surface area contributed by atoms with Crippen LogP contribution in [0.15, 0.2) is 29.2 Å². The molecule has 0 saturated carbocycles. The quantitative estimate of drug-likeness (QED) is 0.733. The van der Waals surface area contributed by atoms with Crippen LogP contribution in [-0.4, -0.2) is 49.2 Å². The summed E-state index contributed by atoms with van der Waals surface area (Å²) in [4.78, 5) is 15.2. The van der Waals surface area contributed by atoms with E-state index in [4.69, 9.17) is 0 Å². The van der Waals surface area contributed by atoms with Crippen LogP contribution in [0, 0.1) is 5.92 Å². The predicted octanol–water partition coefficient (Wildman–Crippen LogP) is 4.29. The van der Waals surface area contributed by atoms with Crippen LogP contribution in [0.3, 0.4) is 0 Å². The van der Waals surface area contributed by atoms with E-state index in [1.807, 2.05) is 11.8 Å². The van der Waals surface area contributed by atoms with Gasteiger partial charge in [0.1, 0.15) is 0 Å². The molecule has 2 heterocycles. The molecular weight excluding hydrogens is 372 g/mol. The number of hydrogen-bond acceptors (Lipinski definition) is 3. The zero-order valence-electron chi connectivity index (χ0n) is 17.3. The molecule has 0 aliphatic carbocycles. The molecule has 2 aliphatic heterocycles. The molecule has 0 radical (unpaired) electrons. The fourth-order valence-electron chi connectivity index (χ4n) is 4.60. The van der Waals surface area contributed by atoms with Crippen LogP contribution < -0.4 is 0 Å². The predicted molar refractivity (Wildman–Crippen MR) is 112 cm³/mol. The van der Waals surface area contributed by atoms with Gasteiger partial charge in [-0.25, -0.2) is 8.42 Å². The van der Waals surface area contributed by atoms with Gasteiger partial charge < -0.3 is 4.90 Å². The first-order valence-corrected chi connectivity index (χ1v) is 12.3. The smallest absolute Gasteiger partial charge is 0.253 e. The minimum atomic E-state index is -3.56. The van der Waals surface area contributed by atoms with E-state index < -0.39 is 10.0 Å². The molecule has 2 atom stereocenters. The van der Waals surface area contributed by atoms with Crippen molar-refractivity contribution in [2.75, 3.05) is 19.6 Å². The molecule has 2 unspecified atom stereocenters. The molecule has 2 fully saturated rings. The molecule has 156 valence electrons. The third-order valence-electron chi connectivity index (χ3n) is 6.26. The van der Waals surface area contributed by atoms with Crippen molar-refractivity contribution in [3.05, 3.63) is 29.8 Å². The summed E-state index contributed by atoms with van der Waals surface area (Å²) in [6.07, 6.45) is 8.53. The average molecular weight is 407 g/mol. The Hall–Kier alpha value is -1.40. The van der Waals surface area contributed by atoms with Crippen molar-refractivity contribution in [2.24, 2.45) is 5.92 Å². The second kappa shape index (κ2) is 9.40. The van der Waals surface area contributed by atoms with Crippen LogP contribution in [0.25, 0.3) is 0 Å². The number of rotatable bonds is 5. The van der Waals surface area contributed by atoms with Crippen LogP contribution in [0.4, 0.5) is 0 Å². The summed E-state index contributed by atoms with van der Waals surface area (Å²) in [6.45, 7) is 6.27. The number of benzene rings is 1. The number of carbonyl (C=O) groups excluding carboxylic acids is 1. The average Bonchev–Trinajstić information content (AvgIpc) is 2.94. The maximum atomic E-state index is 13.1. The minimum absolute atomic E-state index is 0.0132. The summed E-state index contributed by atoms with van der Waals surface area (Å²) in [5.74, 6) is 0.663. The number of likely N-dealkylation sites (tertiary alicyclic amines) is 1. The minimum Gasteiger partial charge on any atom is -0.339 e. The number of amides is 1. The Morgan fingerprint density at radius 2 is 1.89 bits per heavy atom. The highest BCUT2D eigenvalue weighted by Crippen LogP contribution is 2.27. The maximum absolute atomic E-state index is 13.1. The van der Waals surface area contributed by atoms with Gasteiger partial charge in [-0.05, 0) is 63.1 Å². The van der Waals surface area contributed by atoms with Gasteiger partial charge in [-0.3, -0.25) is 4.79 Å². The van der Waals surface area contributed by atoms with E-state index in [1.165, 1.54) is 19.3 Å². The van der Waals surface area contributed by atoms with Gasteiger partial charge in [-0.15, -0.1) is 0 Å². The van der Waals surface area contributed by atoms with Crippen LogP contribution in [-0.2, 0) is 10.0 Å².